The molecule has 1 heterocycles. The Morgan fingerprint density at radius 1 is 1.29 bits per heavy atom. The van der Waals surface area contributed by atoms with Crippen LogP contribution in [-0.2, 0) is 9.47 Å². The first kappa shape index (κ1) is 5.03. The molecule has 0 atom stereocenters. The molecule has 7 heavy (non-hydrogen) atoms. The number of hydrogen-bond donors (Lipinski definition) is 0. The lowest BCUT2D eigenvalue weighted by Crippen LogP contribution is -2.29. The fraction of sp³-hybridized carbons (Fsp3) is 1.00. The Morgan fingerprint density at radius 3 is 2.14 bits per heavy atom. The van der Waals surface area contributed by atoms with Crippen LogP contribution < -0.4 is 5.73 Å². The second-order valence-electron chi connectivity index (χ2n) is 1.56. The van der Waals surface area contributed by atoms with E-state index < -0.39 is 0 Å². The predicted molar refractivity (Wildman–Crippen MR) is 23.7 cm³/mol. The van der Waals surface area contributed by atoms with Crippen molar-refractivity contribution in [2.24, 2.45) is 0 Å². The summed E-state index contributed by atoms with van der Waals surface area (Å²) in [5.41, 5.74) is 7.02. The van der Waals surface area contributed by atoms with Crippen molar-refractivity contribution in [3.63, 3.8) is 0 Å². The Morgan fingerprint density at radius 2 is 1.86 bits per heavy atom. The SMILES string of the molecule is [NH]C1COCOC1. The van der Waals surface area contributed by atoms with Crippen molar-refractivity contribution in [1.82, 2.24) is 5.73 Å². The van der Waals surface area contributed by atoms with Crippen molar-refractivity contribution < 1.29 is 9.47 Å². The van der Waals surface area contributed by atoms with Crippen LogP contribution in [0.4, 0.5) is 0 Å². The first-order valence-electron chi connectivity index (χ1n) is 2.26. The van der Waals surface area contributed by atoms with Crippen LogP contribution in [0.1, 0.15) is 0 Å². The molecule has 0 bridgehead atoms. The zero-order valence-electron chi connectivity index (χ0n) is 4.02. The van der Waals surface area contributed by atoms with Gasteiger partial charge in [0.15, 0.2) is 0 Å². The van der Waals surface area contributed by atoms with E-state index in [2.05, 4.69) is 0 Å². The summed E-state index contributed by atoms with van der Waals surface area (Å²) in [5.74, 6) is 0. The number of ether oxygens (including phenoxy) is 2. The Labute approximate surface area is 42.4 Å². The van der Waals surface area contributed by atoms with Crippen LogP contribution >= 0.6 is 0 Å². The van der Waals surface area contributed by atoms with Crippen LogP contribution in [0.15, 0.2) is 0 Å². The largest absolute Gasteiger partial charge is 0.354 e. The minimum absolute atomic E-state index is 0.159. The molecule has 1 rings (SSSR count). The van der Waals surface area contributed by atoms with Crippen molar-refractivity contribution in [1.29, 1.82) is 0 Å². The lowest BCUT2D eigenvalue weighted by molar-refractivity contribution is -0.107. The fourth-order valence-corrected chi connectivity index (χ4v) is 0.488. The smallest absolute Gasteiger partial charge is 0.146 e. The average molecular weight is 102 g/mol. The van der Waals surface area contributed by atoms with E-state index in [1.807, 2.05) is 0 Å². The highest BCUT2D eigenvalue weighted by atomic mass is 16.7. The van der Waals surface area contributed by atoms with E-state index >= 15 is 0 Å². The van der Waals surface area contributed by atoms with Crippen LogP contribution in [0, 0.1) is 0 Å². The molecule has 0 amide bonds. The van der Waals surface area contributed by atoms with Crippen molar-refractivity contribution >= 4 is 0 Å². The third-order valence-corrected chi connectivity index (χ3v) is 0.805. The first-order chi connectivity index (χ1) is 3.39. The molecule has 0 unspecified atom stereocenters. The highest BCUT2D eigenvalue weighted by Crippen LogP contribution is 1.92. The first-order valence-corrected chi connectivity index (χ1v) is 2.26. The molecule has 0 aliphatic carbocycles. The summed E-state index contributed by atoms with van der Waals surface area (Å²) in [4.78, 5) is 0. The fourth-order valence-electron chi connectivity index (χ4n) is 0.488. The minimum Gasteiger partial charge on any atom is -0.354 e. The van der Waals surface area contributed by atoms with Gasteiger partial charge in [0, 0.05) is 0 Å². The zero-order chi connectivity index (χ0) is 5.11. The van der Waals surface area contributed by atoms with Gasteiger partial charge in [0.25, 0.3) is 0 Å². The molecule has 3 heteroatoms. The standard InChI is InChI=1S/C4H8NO2/c5-4-1-6-3-7-2-4/h4-5H,1-3H2. The van der Waals surface area contributed by atoms with E-state index in [1.54, 1.807) is 0 Å². The van der Waals surface area contributed by atoms with E-state index in [0.717, 1.165) is 0 Å². The van der Waals surface area contributed by atoms with Gasteiger partial charge >= 0.3 is 0 Å². The van der Waals surface area contributed by atoms with Gasteiger partial charge in [0.1, 0.15) is 6.79 Å². The van der Waals surface area contributed by atoms with Gasteiger partial charge in [0.2, 0.25) is 0 Å². The Bertz CT molecular complexity index is 51.7. The van der Waals surface area contributed by atoms with Gasteiger partial charge in [0.05, 0.1) is 19.3 Å². The maximum absolute atomic E-state index is 7.02. The molecule has 1 N–H and O–H groups in total. The highest BCUT2D eigenvalue weighted by molar-refractivity contribution is 4.57. The summed E-state index contributed by atoms with van der Waals surface area (Å²) in [6.45, 7) is 1.43. The maximum Gasteiger partial charge on any atom is 0.146 e. The molecule has 0 spiro atoms. The van der Waals surface area contributed by atoms with E-state index in [-0.39, 0.29) is 6.04 Å². The van der Waals surface area contributed by atoms with Gasteiger partial charge in [-0.1, -0.05) is 0 Å². The third kappa shape index (κ3) is 1.43. The van der Waals surface area contributed by atoms with Crippen LogP contribution in [0.2, 0.25) is 0 Å². The average Bonchev–Trinajstić information content (AvgIpc) is 1.69. The van der Waals surface area contributed by atoms with E-state index in [9.17, 15) is 0 Å². The summed E-state index contributed by atoms with van der Waals surface area (Å²) in [5, 5.41) is 0. The lowest BCUT2D eigenvalue weighted by atomic mass is 10.3. The summed E-state index contributed by atoms with van der Waals surface area (Å²) in [7, 11) is 0. The normalized spacial score (nSPS) is 25.3. The van der Waals surface area contributed by atoms with Crippen LogP contribution in [-0.4, -0.2) is 26.0 Å². The number of hydrogen-bond acceptors (Lipinski definition) is 2. The van der Waals surface area contributed by atoms with Crippen molar-refractivity contribution in [2.75, 3.05) is 20.0 Å². The highest BCUT2D eigenvalue weighted by Gasteiger charge is 2.07. The molecule has 1 saturated heterocycles. The Balaban J connectivity index is 2.12. The van der Waals surface area contributed by atoms with E-state index in [4.69, 9.17) is 15.2 Å². The van der Waals surface area contributed by atoms with E-state index in [1.165, 1.54) is 0 Å². The van der Waals surface area contributed by atoms with Gasteiger partial charge in [-0.05, 0) is 0 Å². The van der Waals surface area contributed by atoms with Gasteiger partial charge in [-0.25, -0.2) is 5.73 Å². The van der Waals surface area contributed by atoms with Crippen molar-refractivity contribution in [3.05, 3.63) is 0 Å². The molecule has 0 saturated carbocycles. The third-order valence-electron chi connectivity index (χ3n) is 0.805. The minimum atomic E-state index is -0.159. The van der Waals surface area contributed by atoms with Crippen LogP contribution in [0.25, 0.3) is 0 Å². The molecule has 1 aliphatic heterocycles. The predicted octanol–water partition coefficient (Wildman–Crippen LogP) is -0.358. The summed E-state index contributed by atoms with van der Waals surface area (Å²) < 4.78 is 9.54. The molecule has 1 fully saturated rings. The van der Waals surface area contributed by atoms with Gasteiger partial charge < -0.3 is 9.47 Å². The van der Waals surface area contributed by atoms with Gasteiger partial charge in [-0.3, -0.25) is 0 Å². The summed E-state index contributed by atoms with van der Waals surface area (Å²) >= 11 is 0. The molecule has 41 valence electrons. The van der Waals surface area contributed by atoms with Crippen LogP contribution in [0.3, 0.4) is 0 Å². The number of rotatable bonds is 0. The molecule has 0 aromatic rings. The topological polar surface area (TPSA) is 42.3 Å². The van der Waals surface area contributed by atoms with Gasteiger partial charge in [-0.15, -0.1) is 0 Å². The van der Waals surface area contributed by atoms with Gasteiger partial charge in [-0.2, -0.15) is 0 Å². The molecule has 1 radical (unpaired) electrons. The molecule has 0 aromatic heterocycles. The number of nitrogens with one attached hydrogen (secondary N) is 1. The lowest BCUT2D eigenvalue weighted by Gasteiger charge is -2.16. The second kappa shape index (κ2) is 2.26. The summed E-state index contributed by atoms with van der Waals surface area (Å²) in [6, 6.07) is -0.159. The van der Waals surface area contributed by atoms with Crippen molar-refractivity contribution in [3.8, 4) is 0 Å². The Kier molecular flexibility index (Phi) is 1.62. The molecular formula is C4H8NO2. The van der Waals surface area contributed by atoms with Crippen LogP contribution in [0.5, 0.6) is 0 Å². The zero-order valence-corrected chi connectivity index (χ0v) is 4.02. The molecule has 3 nitrogen and oxygen atoms in total. The monoisotopic (exact) mass is 102 g/mol. The quantitative estimate of drug-likeness (QED) is 0.419. The molecule has 0 aromatic carbocycles. The van der Waals surface area contributed by atoms with E-state index in [0.29, 0.717) is 20.0 Å². The summed E-state index contributed by atoms with van der Waals surface area (Å²) in [6.07, 6.45) is 0. The molecular weight excluding hydrogens is 94.0 g/mol. The molecule has 1 aliphatic rings. The second-order valence-corrected chi connectivity index (χ2v) is 1.56. The maximum atomic E-state index is 7.02. The van der Waals surface area contributed by atoms with Crippen molar-refractivity contribution in [2.45, 2.75) is 6.04 Å². The Hall–Kier alpha value is -0.120.